The fraction of sp³-hybridized carbons (Fsp3) is 0.188. The van der Waals surface area contributed by atoms with E-state index in [-0.39, 0.29) is 0 Å². The predicted molar refractivity (Wildman–Crippen MR) is 79.3 cm³/mol. The van der Waals surface area contributed by atoms with Gasteiger partial charge in [-0.1, -0.05) is 12.1 Å². The molecule has 3 heteroatoms. The molecular formula is C16H17N3. The van der Waals surface area contributed by atoms with Gasteiger partial charge in [0.25, 0.3) is 0 Å². The number of aromatic nitrogens is 2. The highest BCUT2D eigenvalue weighted by atomic mass is 15.0. The van der Waals surface area contributed by atoms with Crippen molar-refractivity contribution in [3.8, 4) is 11.3 Å². The molecule has 2 aromatic heterocycles. The number of imidazole rings is 1. The molecule has 3 rings (SSSR count). The summed E-state index contributed by atoms with van der Waals surface area (Å²) < 4.78 is 1.98. The number of fused-ring (bicyclic) bond motifs is 1. The SMILES string of the molecule is Cc1ccc(-c2cn3ccc(C)c(N)c3n2)cc1C. The molecule has 0 aliphatic carbocycles. The molecule has 0 saturated carbocycles. The molecule has 3 nitrogen and oxygen atoms in total. The summed E-state index contributed by atoms with van der Waals surface area (Å²) in [5, 5.41) is 0. The Labute approximate surface area is 112 Å². The standard InChI is InChI=1S/C16H17N3/c1-10-4-5-13(8-12(10)3)14-9-19-7-6-11(2)15(17)16(19)18-14/h4-9H,17H2,1-3H3. The number of benzene rings is 1. The molecule has 0 bridgehead atoms. The fourth-order valence-electron chi connectivity index (χ4n) is 2.20. The number of nitrogen functional groups attached to an aromatic ring is 1. The Morgan fingerprint density at radius 2 is 1.79 bits per heavy atom. The number of pyridine rings is 1. The number of nitrogens with two attached hydrogens (primary N) is 1. The van der Waals surface area contributed by atoms with Crippen LogP contribution in [0.5, 0.6) is 0 Å². The third-order valence-corrected chi connectivity index (χ3v) is 3.69. The Morgan fingerprint density at radius 1 is 1.00 bits per heavy atom. The smallest absolute Gasteiger partial charge is 0.160 e. The molecule has 0 amide bonds. The molecule has 0 radical (unpaired) electrons. The van der Waals surface area contributed by atoms with Crippen LogP contribution in [-0.2, 0) is 0 Å². The van der Waals surface area contributed by atoms with Crippen LogP contribution in [0.1, 0.15) is 16.7 Å². The first-order valence-corrected chi connectivity index (χ1v) is 6.37. The first kappa shape index (κ1) is 11.8. The number of nitrogens with zero attached hydrogens (tertiary/aromatic N) is 2. The molecule has 0 aliphatic rings. The topological polar surface area (TPSA) is 43.3 Å². The molecule has 0 unspecified atom stereocenters. The summed E-state index contributed by atoms with van der Waals surface area (Å²) >= 11 is 0. The maximum atomic E-state index is 6.08. The Hall–Kier alpha value is -2.29. The molecule has 0 saturated heterocycles. The van der Waals surface area contributed by atoms with Crippen molar-refractivity contribution in [2.45, 2.75) is 20.8 Å². The van der Waals surface area contributed by atoms with E-state index in [0.29, 0.717) is 0 Å². The number of rotatable bonds is 1. The van der Waals surface area contributed by atoms with E-state index in [4.69, 9.17) is 5.73 Å². The molecule has 96 valence electrons. The summed E-state index contributed by atoms with van der Waals surface area (Å²) in [6, 6.07) is 8.41. The van der Waals surface area contributed by atoms with Gasteiger partial charge in [-0.25, -0.2) is 4.98 Å². The summed E-state index contributed by atoms with van der Waals surface area (Å²) in [4.78, 5) is 4.65. The van der Waals surface area contributed by atoms with Crippen LogP contribution in [0.4, 0.5) is 5.69 Å². The summed E-state index contributed by atoms with van der Waals surface area (Å²) in [6.07, 6.45) is 4.02. The van der Waals surface area contributed by atoms with Gasteiger partial charge >= 0.3 is 0 Å². The molecule has 2 N–H and O–H groups in total. The number of aryl methyl sites for hydroxylation is 3. The third-order valence-electron chi connectivity index (χ3n) is 3.69. The van der Waals surface area contributed by atoms with E-state index in [1.807, 2.05) is 29.8 Å². The monoisotopic (exact) mass is 251 g/mol. The first-order valence-electron chi connectivity index (χ1n) is 6.37. The highest BCUT2D eigenvalue weighted by Gasteiger charge is 2.08. The van der Waals surface area contributed by atoms with Gasteiger partial charge in [-0.3, -0.25) is 0 Å². The lowest BCUT2D eigenvalue weighted by Gasteiger charge is -2.02. The largest absolute Gasteiger partial charge is 0.395 e. The Morgan fingerprint density at radius 3 is 2.53 bits per heavy atom. The zero-order chi connectivity index (χ0) is 13.6. The van der Waals surface area contributed by atoms with Gasteiger partial charge < -0.3 is 10.1 Å². The average Bonchev–Trinajstić information content (AvgIpc) is 2.82. The van der Waals surface area contributed by atoms with Crippen LogP contribution in [-0.4, -0.2) is 9.38 Å². The molecule has 1 aromatic carbocycles. The lowest BCUT2D eigenvalue weighted by Crippen LogP contribution is -1.94. The van der Waals surface area contributed by atoms with Crippen LogP contribution in [0, 0.1) is 20.8 Å². The summed E-state index contributed by atoms with van der Waals surface area (Å²) in [7, 11) is 0. The Balaban J connectivity index is 2.20. The van der Waals surface area contributed by atoms with Gasteiger partial charge in [-0.15, -0.1) is 0 Å². The lowest BCUT2D eigenvalue weighted by atomic mass is 10.1. The van der Waals surface area contributed by atoms with Gasteiger partial charge in [0.15, 0.2) is 5.65 Å². The summed E-state index contributed by atoms with van der Waals surface area (Å²) in [6.45, 7) is 6.23. The van der Waals surface area contributed by atoms with Gasteiger partial charge in [0, 0.05) is 18.0 Å². The van der Waals surface area contributed by atoms with Crippen LogP contribution in [0.2, 0.25) is 0 Å². The van der Waals surface area contributed by atoms with Crippen LogP contribution in [0.3, 0.4) is 0 Å². The van der Waals surface area contributed by atoms with Crippen LogP contribution >= 0.6 is 0 Å². The van der Waals surface area contributed by atoms with E-state index in [1.165, 1.54) is 11.1 Å². The van der Waals surface area contributed by atoms with Crippen LogP contribution < -0.4 is 5.73 Å². The van der Waals surface area contributed by atoms with Crippen molar-refractivity contribution in [3.05, 3.63) is 53.3 Å². The zero-order valence-electron chi connectivity index (χ0n) is 11.4. The van der Waals surface area contributed by atoms with E-state index in [9.17, 15) is 0 Å². The summed E-state index contributed by atoms with van der Waals surface area (Å²) in [5.74, 6) is 0. The lowest BCUT2D eigenvalue weighted by molar-refractivity contribution is 1.17. The second-order valence-corrected chi connectivity index (χ2v) is 5.07. The van der Waals surface area contributed by atoms with Crippen molar-refractivity contribution in [1.82, 2.24) is 9.38 Å². The Bertz CT molecular complexity index is 769. The molecule has 19 heavy (non-hydrogen) atoms. The summed E-state index contributed by atoms with van der Waals surface area (Å²) in [5.41, 5.74) is 13.4. The van der Waals surface area contributed by atoms with Gasteiger partial charge in [0.05, 0.1) is 11.4 Å². The third kappa shape index (κ3) is 1.87. The van der Waals surface area contributed by atoms with E-state index in [2.05, 4.69) is 37.0 Å². The fourth-order valence-corrected chi connectivity index (χ4v) is 2.20. The van der Waals surface area contributed by atoms with Gasteiger partial charge in [0.1, 0.15) is 0 Å². The molecule has 0 atom stereocenters. The predicted octanol–water partition coefficient (Wildman–Crippen LogP) is 3.51. The quantitative estimate of drug-likeness (QED) is 0.719. The molecule has 0 spiro atoms. The first-order chi connectivity index (χ1) is 9.06. The maximum absolute atomic E-state index is 6.08. The minimum atomic E-state index is 0.748. The van der Waals surface area contributed by atoms with E-state index < -0.39 is 0 Å². The molecule has 2 heterocycles. The van der Waals surface area contributed by atoms with Crippen molar-refractivity contribution >= 4 is 11.3 Å². The van der Waals surface area contributed by atoms with E-state index in [0.717, 1.165) is 28.2 Å². The average molecular weight is 251 g/mol. The molecule has 0 aliphatic heterocycles. The molecule has 0 fully saturated rings. The highest BCUT2D eigenvalue weighted by molar-refractivity contribution is 5.73. The van der Waals surface area contributed by atoms with Crippen molar-refractivity contribution in [2.75, 3.05) is 5.73 Å². The molecular weight excluding hydrogens is 234 g/mol. The normalized spacial score (nSPS) is 11.1. The van der Waals surface area contributed by atoms with Crippen molar-refractivity contribution in [1.29, 1.82) is 0 Å². The van der Waals surface area contributed by atoms with Crippen LogP contribution in [0.25, 0.3) is 16.9 Å². The van der Waals surface area contributed by atoms with E-state index in [1.54, 1.807) is 0 Å². The number of anilines is 1. The van der Waals surface area contributed by atoms with Crippen molar-refractivity contribution in [2.24, 2.45) is 0 Å². The van der Waals surface area contributed by atoms with Crippen molar-refractivity contribution in [3.63, 3.8) is 0 Å². The Kier molecular flexibility index (Phi) is 2.56. The number of hydrogen-bond acceptors (Lipinski definition) is 2. The number of hydrogen-bond donors (Lipinski definition) is 1. The second kappa shape index (κ2) is 4.12. The van der Waals surface area contributed by atoms with Gasteiger partial charge in [-0.2, -0.15) is 0 Å². The van der Waals surface area contributed by atoms with Gasteiger partial charge in [-0.05, 0) is 49.6 Å². The minimum absolute atomic E-state index is 0.748. The minimum Gasteiger partial charge on any atom is -0.395 e. The van der Waals surface area contributed by atoms with Gasteiger partial charge in [0.2, 0.25) is 0 Å². The van der Waals surface area contributed by atoms with Crippen molar-refractivity contribution < 1.29 is 0 Å². The second-order valence-electron chi connectivity index (χ2n) is 5.07. The van der Waals surface area contributed by atoms with Crippen LogP contribution in [0.15, 0.2) is 36.7 Å². The highest BCUT2D eigenvalue weighted by Crippen LogP contribution is 2.25. The van der Waals surface area contributed by atoms with E-state index >= 15 is 0 Å². The maximum Gasteiger partial charge on any atom is 0.160 e. The molecule has 3 aromatic rings. The zero-order valence-corrected chi connectivity index (χ0v) is 11.4.